The van der Waals surface area contributed by atoms with E-state index in [4.69, 9.17) is 4.74 Å². The number of aryl methyl sites for hydroxylation is 1. The molecule has 1 saturated heterocycles. The van der Waals surface area contributed by atoms with Crippen molar-refractivity contribution in [2.45, 2.75) is 32.5 Å². The summed E-state index contributed by atoms with van der Waals surface area (Å²) in [7, 11) is 0. The molecular formula is C15H19F2NO3. The first kappa shape index (κ1) is 15.9. The number of carbonyl (C=O) groups excluding carboxylic acids is 1. The molecule has 4 nitrogen and oxygen atoms in total. The Bertz CT molecular complexity index is 560. The number of rotatable bonds is 2. The van der Waals surface area contributed by atoms with Gasteiger partial charge in [-0.25, -0.2) is 8.78 Å². The van der Waals surface area contributed by atoms with Crippen LogP contribution in [-0.4, -0.2) is 47.3 Å². The van der Waals surface area contributed by atoms with Gasteiger partial charge in [0.05, 0.1) is 18.3 Å². The van der Waals surface area contributed by atoms with Crippen LogP contribution in [0.15, 0.2) is 12.1 Å². The van der Waals surface area contributed by atoms with Crippen molar-refractivity contribution in [2.24, 2.45) is 0 Å². The maximum Gasteiger partial charge on any atom is 0.260 e. The second kappa shape index (κ2) is 5.69. The van der Waals surface area contributed by atoms with Crippen molar-refractivity contribution < 1.29 is 23.4 Å². The zero-order valence-electron chi connectivity index (χ0n) is 12.3. The Morgan fingerprint density at radius 2 is 2.14 bits per heavy atom. The lowest BCUT2D eigenvalue weighted by Crippen LogP contribution is -2.55. The molecule has 0 bridgehead atoms. The van der Waals surface area contributed by atoms with Gasteiger partial charge in [-0.05, 0) is 32.4 Å². The summed E-state index contributed by atoms with van der Waals surface area (Å²) >= 11 is 0. The van der Waals surface area contributed by atoms with E-state index in [0.717, 1.165) is 6.07 Å². The molecular weight excluding hydrogens is 280 g/mol. The average Bonchev–Trinajstić information content (AvgIpc) is 2.41. The Labute approximate surface area is 122 Å². The summed E-state index contributed by atoms with van der Waals surface area (Å²) in [5.41, 5.74) is -1.02. The lowest BCUT2D eigenvalue weighted by molar-refractivity contribution is -0.139. The molecule has 0 saturated carbocycles. The molecule has 1 aliphatic heterocycles. The molecule has 1 aromatic carbocycles. The summed E-state index contributed by atoms with van der Waals surface area (Å²) in [5.74, 6) is -2.44. The fourth-order valence-corrected chi connectivity index (χ4v) is 2.56. The standard InChI is InChI=1S/C15H19F2NO3/c1-9-4-5-11(16)12(13(9)17)14(20)18-6-10(7-19)21-15(2,3)8-18/h4-5,10,19H,6-8H2,1-3H3. The molecule has 1 heterocycles. The first-order chi connectivity index (χ1) is 9.75. The largest absolute Gasteiger partial charge is 0.394 e. The number of benzene rings is 1. The summed E-state index contributed by atoms with van der Waals surface area (Å²) in [6.07, 6.45) is -0.561. The van der Waals surface area contributed by atoms with E-state index in [1.165, 1.54) is 17.9 Å². The third kappa shape index (κ3) is 3.22. The summed E-state index contributed by atoms with van der Waals surface area (Å²) in [6, 6.07) is 2.38. The normalized spacial score (nSPS) is 21.4. The van der Waals surface area contributed by atoms with Crippen molar-refractivity contribution in [1.29, 1.82) is 0 Å². The molecule has 1 amide bonds. The third-order valence-electron chi connectivity index (χ3n) is 3.47. The van der Waals surface area contributed by atoms with Gasteiger partial charge in [0.1, 0.15) is 17.2 Å². The van der Waals surface area contributed by atoms with Gasteiger partial charge in [-0.2, -0.15) is 0 Å². The Kier molecular flexibility index (Phi) is 4.30. The monoisotopic (exact) mass is 299 g/mol. The van der Waals surface area contributed by atoms with Crippen LogP contribution in [0, 0.1) is 18.6 Å². The highest BCUT2D eigenvalue weighted by Crippen LogP contribution is 2.25. The highest BCUT2D eigenvalue weighted by molar-refractivity contribution is 5.95. The molecule has 0 radical (unpaired) electrons. The number of aliphatic hydroxyl groups excluding tert-OH is 1. The summed E-state index contributed by atoms with van der Waals surface area (Å²) < 4.78 is 33.5. The highest BCUT2D eigenvalue weighted by atomic mass is 19.1. The number of amides is 1. The second-order valence-corrected chi connectivity index (χ2v) is 5.92. The van der Waals surface area contributed by atoms with Gasteiger partial charge in [-0.15, -0.1) is 0 Å². The number of hydrogen-bond donors (Lipinski definition) is 1. The lowest BCUT2D eigenvalue weighted by atomic mass is 10.0. The van der Waals surface area contributed by atoms with Crippen LogP contribution in [0.2, 0.25) is 0 Å². The number of carbonyl (C=O) groups is 1. The maximum absolute atomic E-state index is 14.1. The van der Waals surface area contributed by atoms with Crippen LogP contribution in [-0.2, 0) is 4.74 Å². The van der Waals surface area contributed by atoms with Gasteiger partial charge < -0.3 is 14.7 Å². The zero-order valence-corrected chi connectivity index (χ0v) is 12.3. The van der Waals surface area contributed by atoms with E-state index < -0.39 is 34.8 Å². The Hall–Kier alpha value is -1.53. The van der Waals surface area contributed by atoms with E-state index in [1.807, 2.05) is 0 Å². The number of ether oxygens (including phenoxy) is 1. The van der Waals surface area contributed by atoms with Gasteiger partial charge in [0.2, 0.25) is 0 Å². The predicted octanol–water partition coefficient (Wildman–Crippen LogP) is 1.89. The molecule has 1 N–H and O–H groups in total. The fraction of sp³-hybridized carbons (Fsp3) is 0.533. The van der Waals surface area contributed by atoms with Crippen molar-refractivity contribution in [3.8, 4) is 0 Å². The number of aliphatic hydroxyl groups is 1. The van der Waals surface area contributed by atoms with E-state index in [9.17, 15) is 18.7 Å². The number of halogens is 2. The SMILES string of the molecule is Cc1ccc(F)c(C(=O)N2CC(CO)OC(C)(C)C2)c1F. The molecule has 116 valence electrons. The number of morpholine rings is 1. The van der Waals surface area contributed by atoms with Crippen LogP contribution in [0.1, 0.15) is 29.8 Å². The quantitative estimate of drug-likeness (QED) is 0.907. The van der Waals surface area contributed by atoms with Crippen molar-refractivity contribution >= 4 is 5.91 Å². The predicted molar refractivity (Wildman–Crippen MR) is 73.0 cm³/mol. The Morgan fingerprint density at radius 3 is 2.76 bits per heavy atom. The molecule has 1 fully saturated rings. The van der Waals surface area contributed by atoms with Crippen LogP contribution >= 0.6 is 0 Å². The summed E-state index contributed by atoms with van der Waals surface area (Å²) in [6.45, 7) is 5.05. The van der Waals surface area contributed by atoms with Crippen LogP contribution in [0.3, 0.4) is 0 Å². The van der Waals surface area contributed by atoms with E-state index >= 15 is 0 Å². The van der Waals surface area contributed by atoms with Gasteiger partial charge in [-0.1, -0.05) is 6.07 Å². The molecule has 1 atom stereocenters. The molecule has 0 aliphatic carbocycles. The van der Waals surface area contributed by atoms with Crippen LogP contribution in [0.5, 0.6) is 0 Å². The molecule has 0 aromatic heterocycles. The van der Waals surface area contributed by atoms with Crippen molar-refractivity contribution in [1.82, 2.24) is 4.90 Å². The van der Waals surface area contributed by atoms with Crippen LogP contribution < -0.4 is 0 Å². The zero-order chi connectivity index (χ0) is 15.8. The maximum atomic E-state index is 14.1. The minimum Gasteiger partial charge on any atom is -0.394 e. The van der Waals surface area contributed by atoms with Gasteiger partial charge in [-0.3, -0.25) is 4.79 Å². The van der Waals surface area contributed by atoms with Crippen molar-refractivity contribution in [3.63, 3.8) is 0 Å². The Morgan fingerprint density at radius 1 is 1.48 bits per heavy atom. The highest BCUT2D eigenvalue weighted by Gasteiger charge is 2.37. The summed E-state index contributed by atoms with van der Waals surface area (Å²) in [5, 5.41) is 9.24. The fourth-order valence-electron chi connectivity index (χ4n) is 2.56. The van der Waals surface area contributed by atoms with Gasteiger partial charge >= 0.3 is 0 Å². The lowest BCUT2D eigenvalue weighted by Gasteiger charge is -2.42. The molecule has 21 heavy (non-hydrogen) atoms. The number of nitrogens with zero attached hydrogens (tertiary/aromatic N) is 1. The smallest absolute Gasteiger partial charge is 0.260 e. The van der Waals surface area contributed by atoms with Gasteiger partial charge in [0.15, 0.2) is 0 Å². The van der Waals surface area contributed by atoms with Crippen molar-refractivity contribution in [3.05, 3.63) is 34.9 Å². The van der Waals surface area contributed by atoms with E-state index in [1.54, 1.807) is 13.8 Å². The molecule has 2 rings (SSSR count). The second-order valence-electron chi connectivity index (χ2n) is 5.92. The minimum absolute atomic E-state index is 0.103. The third-order valence-corrected chi connectivity index (χ3v) is 3.47. The first-order valence-electron chi connectivity index (χ1n) is 6.77. The van der Waals surface area contributed by atoms with E-state index in [0.29, 0.717) is 0 Å². The van der Waals surface area contributed by atoms with Crippen molar-refractivity contribution in [2.75, 3.05) is 19.7 Å². The first-order valence-corrected chi connectivity index (χ1v) is 6.77. The minimum atomic E-state index is -0.882. The Balaban J connectivity index is 2.34. The molecule has 1 unspecified atom stereocenters. The topological polar surface area (TPSA) is 49.8 Å². The molecule has 1 aromatic rings. The molecule has 6 heteroatoms. The molecule has 0 spiro atoms. The van der Waals surface area contributed by atoms with Gasteiger partial charge in [0.25, 0.3) is 5.91 Å². The average molecular weight is 299 g/mol. The van der Waals surface area contributed by atoms with Crippen LogP contribution in [0.25, 0.3) is 0 Å². The molecule has 1 aliphatic rings. The van der Waals surface area contributed by atoms with E-state index in [-0.39, 0.29) is 25.3 Å². The number of hydrogen-bond acceptors (Lipinski definition) is 3. The summed E-state index contributed by atoms with van der Waals surface area (Å²) in [4.78, 5) is 13.8. The van der Waals surface area contributed by atoms with Gasteiger partial charge in [0, 0.05) is 13.1 Å². The van der Waals surface area contributed by atoms with Crippen LogP contribution in [0.4, 0.5) is 8.78 Å². The van der Waals surface area contributed by atoms with E-state index in [2.05, 4.69) is 0 Å².